The fourth-order valence-electron chi connectivity index (χ4n) is 4.11. The van der Waals surface area contributed by atoms with Crippen LogP contribution in [0.3, 0.4) is 0 Å². The van der Waals surface area contributed by atoms with E-state index in [1.54, 1.807) is 4.68 Å². The van der Waals surface area contributed by atoms with Gasteiger partial charge < -0.3 is 9.64 Å². The summed E-state index contributed by atoms with van der Waals surface area (Å²) in [5.41, 5.74) is 3.38. The molecular weight excluding hydrogens is 404 g/mol. The maximum atomic E-state index is 12.7. The number of aromatic nitrogens is 5. The zero-order valence-electron chi connectivity index (χ0n) is 19.3. The molecule has 8 nitrogen and oxygen atoms in total. The molecule has 8 heteroatoms. The summed E-state index contributed by atoms with van der Waals surface area (Å²) in [6.45, 7) is 10.3. The van der Waals surface area contributed by atoms with Gasteiger partial charge in [-0.05, 0) is 49.9 Å². The lowest BCUT2D eigenvalue weighted by atomic mass is 10.0. The van der Waals surface area contributed by atoms with Crippen molar-refractivity contribution in [1.29, 1.82) is 0 Å². The van der Waals surface area contributed by atoms with Crippen LogP contribution in [0, 0.1) is 13.8 Å². The number of benzene rings is 1. The summed E-state index contributed by atoms with van der Waals surface area (Å²) in [7, 11) is 0. The number of hydrogen-bond acceptors (Lipinski definition) is 5. The lowest BCUT2D eigenvalue weighted by molar-refractivity contribution is -0.131. The molecule has 2 aromatic heterocycles. The van der Waals surface area contributed by atoms with Gasteiger partial charge in [0, 0.05) is 31.1 Å². The summed E-state index contributed by atoms with van der Waals surface area (Å²) >= 11 is 0. The average molecular weight is 437 g/mol. The minimum atomic E-state index is 0.0770. The molecule has 1 aromatic carbocycles. The highest BCUT2D eigenvalue weighted by molar-refractivity contribution is 5.76. The molecule has 1 saturated heterocycles. The molecule has 1 N–H and O–H groups in total. The highest BCUT2D eigenvalue weighted by Crippen LogP contribution is 2.26. The minimum absolute atomic E-state index is 0.0770. The van der Waals surface area contributed by atoms with E-state index >= 15 is 0 Å². The number of nitrogens with zero attached hydrogens (tertiary/aromatic N) is 5. The first-order chi connectivity index (χ1) is 15.4. The summed E-state index contributed by atoms with van der Waals surface area (Å²) in [4.78, 5) is 18.9. The average Bonchev–Trinajstić information content (AvgIpc) is 3.49. The quantitative estimate of drug-likeness (QED) is 0.585. The van der Waals surface area contributed by atoms with E-state index in [1.807, 2.05) is 30.9 Å². The third-order valence-electron chi connectivity index (χ3n) is 6.04. The van der Waals surface area contributed by atoms with E-state index in [-0.39, 0.29) is 18.4 Å². The smallest absolute Gasteiger partial charge is 0.244 e. The largest absolute Gasteiger partial charge is 0.493 e. The number of aromatic amines is 1. The molecule has 1 aliphatic heterocycles. The van der Waals surface area contributed by atoms with Crippen LogP contribution in [-0.2, 0) is 17.8 Å². The topological polar surface area (TPSA) is 88.9 Å². The number of aryl methyl sites for hydroxylation is 2. The van der Waals surface area contributed by atoms with Crippen LogP contribution in [0.25, 0.3) is 0 Å². The molecule has 0 radical (unpaired) electrons. The van der Waals surface area contributed by atoms with Crippen molar-refractivity contribution in [3.8, 4) is 5.75 Å². The van der Waals surface area contributed by atoms with Crippen LogP contribution >= 0.6 is 0 Å². The molecule has 1 atom stereocenters. The number of likely N-dealkylation sites (tertiary alicyclic amines) is 1. The normalized spacial score (nSPS) is 16.2. The van der Waals surface area contributed by atoms with E-state index in [1.165, 1.54) is 5.56 Å². The Labute approximate surface area is 189 Å². The Morgan fingerprint density at radius 2 is 2.03 bits per heavy atom. The molecule has 1 amide bonds. The fraction of sp³-hybridized carbons (Fsp3) is 0.500. The number of H-pyrrole nitrogens is 1. The third-order valence-corrected chi connectivity index (χ3v) is 6.04. The van der Waals surface area contributed by atoms with Crippen molar-refractivity contribution in [2.45, 2.75) is 58.9 Å². The molecule has 1 unspecified atom stereocenters. The minimum Gasteiger partial charge on any atom is -0.493 e. The lowest BCUT2D eigenvalue weighted by Crippen LogP contribution is -2.32. The van der Waals surface area contributed by atoms with Crippen LogP contribution in [-0.4, -0.2) is 55.5 Å². The first kappa shape index (κ1) is 22.0. The van der Waals surface area contributed by atoms with Gasteiger partial charge in [-0.25, -0.2) is 9.67 Å². The van der Waals surface area contributed by atoms with Gasteiger partial charge in [0.15, 0.2) is 0 Å². The summed E-state index contributed by atoms with van der Waals surface area (Å²) in [5.74, 6) is 3.19. The molecule has 32 heavy (non-hydrogen) atoms. The van der Waals surface area contributed by atoms with Gasteiger partial charge in [-0.3, -0.25) is 9.89 Å². The lowest BCUT2D eigenvalue weighted by Gasteiger charge is -2.16. The maximum Gasteiger partial charge on any atom is 0.244 e. The second-order valence-corrected chi connectivity index (χ2v) is 8.83. The van der Waals surface area contributed by atoms with Crippen molar-refractivity contribution in [2.24, 2.45) is 0 Å². The Kier molecular flexibility index (Phi) is 6.58. The van der Waals surface area contributed by atoms with E-state index in [0.29, 0.717) is 24.9 Å². The van der Waals surface area contributed by atoms with Gasteiger partial charge in [0.2, 0.25) is 5.91 Å². The van der Waals surface area contributed by atoms with Crippen LogP contribution in [0.5, 0.6) is 5.75 Å². The second kappa shape index (κ2) is 9.54. The molecule has 170 valence electrons. The van der Waals surface area contributed by atoms with Crippen LogP contribution in [0.15, 0.2) is 30.3 Å². The van der Waals surface area contributed by atoms with Gasteiger partial charge >= 0.3 is 0 Å². The number of hydrogen-bond donors (Lipinski definition) is 1. The molecule has 0 spiro atoms. The molecule has 1 aliphatic rings. The van der Waals surface area contributed by atoms with E-state index in [4.69, 9.17) is 4.74 Å². The Hall–Kier alpha value is -3.16. The zero-order chi connectivity index (χ0) is 22.7. The Bertz CT molecular complexity index is 1050. The highest BCUT2D eigenvalue weighted by Gasteiger charge is 2.29. The molecule has 3 heterocycles. The van der Waals surface area contributed by atoms with Crippen LogP contribution < -0.4 is 4.74 Å². The molecule has 0 saturated carbocycles. The zero-order valence-corrected chi connectivity index (χ0v) is 19.3. The molecule has 1 fully saturated rings. The number of ether oxygens (including phenoxy) is 1. The summed E-state index contributed by atoms with van der Waals surface area (Å²) in [6.07, 6.45) is 1.68. The Morgan fingerprint density at radius 3 is 2.72 bits per heavy atom. The number of nitrogens with one attached hydrogen (secondary N) is 1. The predicted octanol–water partition coefficient (Wildman–Crippen LogP) is 3.38. The van der Waals surface area contributed by atoms with Crippen LogP contribution in [0.4, 0.5) is 0 Å². The highest BCUT2D eigenvalue weighted by atomic mass is 16.5. The van der Waals surface area contributed by atoms with E-state index in [2.05, 4.69) is 52.3 Å². The van der Waals surface area contributed by atoms with Gasteiger partial charge in [0.1, 0.15) is 23.9 Å². The van der Waals surface area contributed by atoms with Crippen molar-refractivity contribution in [3.63, 3.8) is 0 Å². The van der Waals surface area contributed by atoms with Gasteiger partial charge in [-0.2, -0.15) is 10.2 Å². The van der Waals surface area contributed by atoms with E-state index < -0.39 is 0 Å². The SMILES string of the molecule is Cc1nc(C)n(CC(=O)N2CCC(c3cc(CCOc4ccc(C(C)C)cc4)[nH]n3)C2)n1. The monoisotopic (exact) mass is 436 g/mol. The third kappa shape index (κ3) is 5.18. The molecule has 0 bridgehead atoms. The van der Waals surface area contributed by atoms with Crippen molar-refractivity contribution in [3.05, 3.63) is 58.9 Å². The predicted molar refractivity (Wildman–Crippen MR) is 122 cm³/mol. The van der Waals surface area contributed by atoms with Crippen LogP contribution in [0.1, 0.15) is 60.7 Å². The number of carbonyl (C=O) groups excluding carboxylic acids is 1. The summed E-state index contributed by atoms with van der Waals surface area (Å²) in [6, 6.07) is 10.4. The number of amides is 1. The van der Waals surface area contributed by atoms with Gasteiger partial charge in [0.05, 0.1) is 12.3 Å². The fourth-order valence-corrected chi connectivity index (χ4v) is 4.11. The van der Waals surface area contributed by atoms with Crippen molar-refractivity contribution >= 4 is 5.91 Å². The molecule has 3 aromatic rings. The van der Waals surface area contributed by atoms with Crippen molar-refractivity contribution < 1.29 is 9.53 Å². The molecule has 4 rings (SSSR count). The molecular formula is C24H32N6O2. The van der Waals surface area contributed by atoms with Crippen molar-refractivity contribution in [2.75, 3.05) is 19.7 Å². The van der Waals surface area contributed by atoms with Crippen LogP contribution in [0.2, 0.25) is 0 Å². The van der Waals surface area contributed by atoms with E-state index in [9.17, 15) is 4.79 Å². The Morgan fingerprint density at radius 1 is 1.25 bits per heavy atom. The first-order valence-corrected chi connectivity index (χ1v) is 11.3. The number of carbonyl (C=O) groups is 1. The maximum absolute atomic E-state index is 12.7. The summed E-state index contributed by atoms with van der Waals surface area (Å²) in [5, 5.41) is 11.9. The second-order valence-electron chi connectivity index (χ2n) is 8.83. The molecule has 0 aliphatic carbocycles. The standard InChI is InChI=1S/C24H32N6O2/c1-16(2)19-5-7-22(8-6-19)32-12-10-21-13-23(27-26-21)20-9-11-29(14-20)24(31)15-30-18(4)25-17(3)28-30/h5-8,13,16,20H,9-12,14-15H2,1-4H3,(H,26,27). The Balaban J connectivity index is 1.25. The summed E-state index contributed by atoms with van der Waals surface area (Å²) < 4.78 is 7.56. The van der Waals surface area contributed by atoms with E-state index in [0.717, 1.165) is 42.3 Å². The first-order valence-electron chi connectivity index (χ1n) is 11.3. The van der Waals surface area contributed by atoms with Gasteiger partial charge in [0.25, 0.3) is 0 Å². The van der Waals surface area contributed by atoms with Gasteiger partial charge in [-0.15, -0.1) is 0 Å². The van der Waals surface area contributed by atoms with Gasteiger partial charge in [-0.1, -0.05) is 26.0 Å². The van der Waals surface area contributed by atoms with Crippen molar-refractivity contribution in [1.82, 2.24) is 29.9 Å². The number of rotatable bonds is 8.